The van der Waals surface area contributed by atoms with Crippen LogP contribution in [0.15, 0.2) is 48.5 Å². The quantitative estimate of drug-likeness (QED) is 0.555. The molecule has 0 aliphatic carbocycles. The Morgan fingerprint density at radius 3 is 1.52 bits per heavy atom. The lowest BCUT2D eigenvalue weighted by Gasteiger charge is -2.28. The van der Waals surface area contributed by atoms with Crippen molar-refractivity contribution in [2.45, 2.75) is 25.7 Å². The second-order valence-corrected chi connectivity index (χ2v) is 8.38. The fraction of sp³-hybridized carbons (Fsp3) is 0.360. The average Bonchev–Trinajstić information content (AvgIpc) is 2.78. The van der Waals surface area contributed by atoms with Gasteiger partial charge in [-0.25, -0.2) is 0 Å². The SMILES string of the molecule is CN(CCCN1C(=O)Cc2ccccc2C1=O)CCCN1C(=O)Cc2ccccc2C1=O.Cl. The molecule has 0 unspecified atom stereocenters. The van der Waals surface area contributed by atoms with Crippen LogP contribution in [0.2, 0.25) is 0 Å². The van der Waals surface area contributed by atoms with Crippen LogP contribution < -0.4 is 0 Å². The van der Waals surface area contributed by atoms with Gasteiger partial charge >= 0.3 is 0 Å². The molecule has 2 aromatic rings. The topological polar surface area (TPSA) is 78.0 Å². The first kappa shape index (κ1) is 24.6. The zero-order chi connectivity index (χ0) is 22.7. The molecule has 174 valence electrons. The molecule has 2 aliphatic heterocycles. The fourth-order valence-corrected chi connectivity index (χ4v) is 4.36. The van der Waals surface area contributed by atoms with E-state index in [1.165, 1.54) is 9.80 Å². The molecule has 0 N–H and O–H groups in total. The number of nitrogens with zero attached hydrogens (tertiary/aromatic N) is 3. The molecule has 7 nitrogen and oxygen atoms in total. The number of imide groups is 2. The van der Waals surface area contributed by atoms with Crippen molar-refractivity contribution in [3.05, 3.63) is 70.8 Å². The predicted molar refractivity (Wildman–Crippen MR) is 126 cm³/mol. The minimum absolute atomic E-state index is 0. The number of hydrogen-bond donors (Lipinski definition) is 0. The summed E-state index contributed by atoms with van der Waals surface area (Å²) in [4.78, 5) is 54.8. The Kier molecular flexibility index (Phi) is 8.00. The first-order valence-electron chi connectivity index (χ1n) is 11.0. The summed E-state index contributed by atoms with van der Waals surface area (Å²) >= 11 is 0. The molecule has 8 heteroatoms. The van der Waals surface area contributed by atoms with E-state index in [4.69, 9.17) is 0 Å². The lowest BCUT2D eigenvalue weighted by molar-refractivity contribution is -0.129. The highest BCUT2D eigenvalue weighted by Gasteiger charge is 2.31. The van der Waals surface area contributed by atoms with Gasteiger partial charge in [0.25, 0.3) is 11.8 Å². The number of hydrogen-bond acceptors (Lipinski definition) is 5. The highest BCUT2D eigenvalue weighted by atomic mass is 35.5. The van der Waals surface area contributed by atoms with Crippen molar-refractivity contribution >= 4 is 36.0 Å². The van der Waals surface area contributed by atoms with E-state index in [0.29, 0.717) is 50.1 Å². The standard InChI is InChI=1S/C25H27N3O4.ClH/c1-26(12-6-14-27-22(29)16-18-8-2-4-10-20(18)24(27)31)13-7-15-28-23(30)17-19-9-3-5-11-21(19)25(28)32;/h2-5,8-11H,6-7,12-17H2,1H3;1H. The first-order valence-corrected chi connectivity index (χ1v) is 11.0. The lowest BCUT2D eigenvalue weighted by atomic mass is 9.98. The smallest absolute Gasteiger partial charge is 0.260 e. The van der Waals surface area contributed by atoms with Crippen LogP contribution in [0.5, 0.6) is 0 Å². The summed E-state index contributed by atoms with van der Waals surface area (Å²) in [5.41, 5.74) is 2.80. The number of halogens is 1. The molecule has 0 spiro atoms. The van der Waals surface area contributed by atoms with Crippen molar-refractivity contribution in [2.24, 2.45) is 0 Å². The zero-order valence-electron chi connectivity index (χ0n) is 18.7. The van der Waals surface area contributed by atoms with Gasteiger partial charge in [-0.3, -0.25) is 29.0 Å². The minimum Gasteiger partial charge on any atom is -0.306 e. The third-order valence-corrected chi connectivity index (χ3v) is 6.11. The predicted octanol–water partition coefficient (Wildman–Crippen LogP) is 2.57. The summed E-state index contributed by atoms with van der Waals surface area (Å²) in [6.07, 6.45) is 1.87. The number of carbonyl (C=O) groups excluding carboxylic acids is 4. The van der Waals surface area contributed by atoms with Crippen molar-refractivity contribution in [2.75, 3.05) is 33.2 Å². The molecule has 0 saturated heterocycles. The Morgan fingerprint density at radius 2 is 1.09 bits per heavy atom. The van der Waals surface area contributed by atoms with Gasteiger partial charge in [0.15, 0.2) is 0 Å². The van der Waals surface area contributed by atoms with Crippen LogP contribution in [0.1, 0.15) is 44.7 Å². The van der Waals surface area contributed by atoms with Crippen molar-refractivity contribution in [1.29, 1.82) is 0 Å². The lowest BCUT2D eigenvalue weighted by Crippen LogP contribution is -2.44. The highest BCUT2D eigenvalue weighted by Crippen LogP contribution is 2.21. The van der Waals surface area contributed by atoms with Crippen LogP contribution in [0, 0.1) is 0 Å². The van der Waals surface area contributed by atoms with Gasteiger partial charge in [-0.1, -0.05) is 36.4 Å². The van der Waals surface area contributed by atoms with E-state index < -0.39 is 0 Å². The van der Waals surface area contributed by atoms with E-state index in [-0.39, 0.29) is 48.9 Å². The Balaban J connectivity index is 0.00000306. The molecule has 0 radical (unpaired) electrons. The van der Waals surface area contributed by atoms with E-state index >= 15 is 0 Å². The number of rotatable bonds is 8. The van der Waals surface area contributed by atoms with E-state index in [2.05, 4.69) is 4.90 Å². The molecule has 0 atom stereocenters. The summed E-state index contributed by atoms with van der Waals surface area (Å²) in [5, 5.41) is 0. The van der Waals surface area contributed by atoms with Gasteiger partial charge in [0, 0.05) is 24.2 Å². The molecule has 33 heavy (non-hydrogen) atoms. The normalized spacial score (nSPS) is 15.5. The van der Waals surface area contributed by atoms with Gasteiger partial charge < -0.3 is 4.90 Å². The Hall–Kier alpha value is -3.03. The molecular formula is C25H28ClN3O4. The third-order valence-electron chi connectivity index (χ3n) is 6.11. The monoisotopic (exact) mass is 469 g/mol. The summed E-state index contributed by atoms with van der Waals surface area (Å²) in [7, 11) is 1.96. The zero-order valence-corrected chi connectivity index (χ0v) is 19.5. The fourth-order valence-electron chi connectivity index (χ4n) is 4.36. The van der Waals surface area contributed by atoms with Crippen LogP contribution in [0.4, 0.5) is 0 Å². The van der Waals surface area contributed by atoms with Gasteiger partial charge in [-0.2, -0.15) is 0 Å². The summed E-state index contributed by atoms with van der Waals surface area (Å²) < 4.78 is 0. The summed E-state index contributed by atoms with van der Waals surface area (Å²) in [6, 6.07) is 14.5. The van der Waals surface area contributed by atoms with E-state index in [1.54, 1.807) is 12.1 Å². The van der Waals surface area contributed by atoms with E-state index in [0.717, 1.165) is 11.1 Å². The molecule has 2 heterocycles. The maximum absolute atomic E-state index is 12.6. The molecule has 0 aromatic heterocycles. The van der Waals surface area contributed by atoms with Crippen molar-refractivity contribution in [1.82, 2.24) is 14.7 Å². The van der Waals surface area contributed by atoms with Gasteiger partial charge in [0.2, 0.25) is 11.8 Å². The van der Waals surface area contributed by atoms with Gasteiger partial charge in [-0.15, -0.1) is 12.4 Å². The van der Waals surface area contributed by atoms with E-state index in [1.807, 2.05) is 43.4 Å². The maximum atomic E-state index is 12.6. The van der Waals surface area contributed by atoms with Crippen molar-refractivity contribution in [3.8, 4) is 0 Å². The largest absolute Gasteiger partial charge is 0.306 e. The Morgan fingerprint density at radius 1 is 0.697 bits per heavy atom. The first-order chi connectivity index (χ1) is 15.5. The summed E-state index contributed by atoms with van der Waals surface area (Å²) in [6.45, 7) is 2.19. The molecular weight excluding hydrogens is 442 g/mol. The van der Waals surface area contributed by atoms with Gasteiger partial charge in [-0.05, 0) is 56.2 Å². The van der Waals surface area contributed by atoms with Crippen molar-refractivity contribution < 1.29 is 19.2 Å². The summed E-state index contributed by atoms with van der Waals surface area (Å²) in [5.74, 6) is -0.749. The molecule has 4 amide bonds. The van der Waals surface area contributed by atoms with Crippen LogP contribution >= 0.6 is 12.4 Å². The Bertz CT molecular complexity index is 988. The molecule has 2 aromatic carbocycles. The molecule has 0 saturated carbocycles. The molecule has 0 fully saturated rings. The Labute approximate surface area is 199 Å². The van der Waals surface area contributed by atoms with Crippen LogP contribution in [0.3, 0.4) is 0 Å². The van der Waals surface area contributed by atoms with Crippen molar-refractivity contribution in [3.63, 3.8) is 0 Å². The molecule has 2 aliphatic rings. The van der Waals surface area contributed by atoms with Gasteiger partial charge in [0.05, 0.1) is 12.8 Å². The second kappa shape index (κ2) is 10.7. The molecule has 4 rings (SSSR count). The number of fused-ring (bicyclic) bond motifs is 2. The molecule has 0 bridgehead atoms. The van der Waals surface area contributed by atoms with E-state index in [9.17, 15) is 19.2 Å². The minimum atomic E-state index is -0.220. The number of benzene rings is 2. The van der Waals surface area contributed by atoms with Gasteiger partial charge in [0.1, 0.15) is 0 Å². The second-order valence-electron chi connectivity index (χ2n) is 8.38. The highest BCUT2D eigenvalue weighted by molar-refractivity contribution is 6.10. The number of amides is 4. The maximum Gasteiger partial charge on any atom is 0.260 e. The van der Waals surface area contributed by atoms with Crippen LogP contribution in [0.25, 0.3) is 0 Å². The number of carbonyl (C=O) groups is 4. The van der Waals surface area contributed by atoms with Crippen LogP contribution in [-0.2, 0) is 22.4 Å². The average molecular weight is 470 g/mol. The van der Waals surface area contributed by atoms with Crippen LogP contribution in [-0.4, -0.2) is 71.6 Å². The third kappa shape index (κ3) is 5.31.